The lowest BCUT2D eigenvalue weighted by Gasteiger charge is -2.24. The smallest absolute Gasteiger partial charge is 0.191 e. The van der Waals surface area contributed by atoms with Gasteiger partial charge < -0.3 is 20.1 Å². The second-order valence-corrected chi connectivity index (χ2v) is 8.38. The van der Waals surface area contributed by atoms with Crippen LogP contribution in [0.4, 0.5) is 0 Å². The fourth-order valence-electron chi connectivity index (χ4n) is 3.67. The molecule has 2 N–H and O–H groups in total. The van der Waals surface area contributed by atoms with Gasteiger partial charge in [0.05, 0.1) is 24.8 Å². The number of benzene rings is 1. The van der Waals surface area contributed by atoms with Gasteiger partial charge in [-0.05, 0) is 65.5 Å². The Morgan fingerprint density at radius 2 is 2.12 bits per heavy atom. The lowest BCUT2D eigenvalue weighted by molar-refractivity contribution is 0.0992. The molecule has 5 heteroatoms. The standard InChI is InChI=1S/C21H33N3O2/c1-6-22-20(24-17-12-16-9-10-18(17)25-16)23-13-15-8-7-14(2)11-19(15)26-21(3,4)5/h7-8,11,16-18H,6,9-10,12-13H2,1-5H3,(H2,22,23,24). The zero-order valence-electron chi connectivity index (χ0n) is 16.8. The SMILES string of the molecule is CCNC(=NCc1ccc(C)cc1OC(C)(C)C)NC1CC2CCC1O2. The lowest BCUT2D eigenvalue weighted by Crippen LogP contribution is -2.47. The molecule has 0 amide bonds. The fourth-order valence-corrected chi connectivity index (χ4v) is 3.67. The summed E-state index contributed by atoms with van der Waals surface area (Å²) in [6, 6.07) is 6.70. The molecule has 2 heterocycles. The third kappa shape index (κ3) is 4.91. The van der Waals surface area contributed by atoms with E-state index in [0.717, 1.165) is 36.7 Å². The van der Waals surface area contributed by atoms with E-state index in [1.165, 1.54) is 12.0 Å². The maximum atomic E-state index is 6.15. The Labute approximate surface area is 157 Å². The maximum Gasteiger partial charge on any atom is 0.191 e. The van der Waals surface area contributed by atoms with Crippen molar-refractivity contribution in [3.05, 3.63) is 29.3 Å². The van der Waals surface area contributed by atoms with Crippen molar-refractivity contribution in [3.63, 3.8) is 0 Å². The third-order valence-corrected chi connectivity index (χ3v) is 4.82. The van der Waals surface area contributed by atoms with Gasteiger partial charge >= 0.3 is 0 Å². The van der Waals surface area contributed by atoms with Gasteiger partial charge in [-0.25, -0.2) is 4.99 Å². The number of aliphatic imine (C=N–C) groups is 1. The number of guanidine groups is 1. The van der Waals surface area contributed by atoms with Gasteiger partial charge in [-0.3, -0.25) is 0 Å². The van der Waals surface area contributed by atoms with Crippen LogP contribution in [0, 0.1) is 6.92 Å². The molecule has 3 rings (SSSR count). The summed E-state index contributed by atoms with van der Waals surface area (Å²) in [5.74, 6) is 1.77. The Hall–Kier alpha value is -1.75. The molecule has 1 aromatic carbocycles. The van der Waals surface area contributed by atoms with Gasteiger partial charge in [0, 0.05) is 12.1 Å². The highest BCUT2D eigenvalue weighted by molar-refractivity contribution is 5.80. The number of nitrogens with zero attached hydrogens (tertiary/aromatic N) is 1. The van der Waals surface area contributed by atoms with Gasteiger partial charge in [-0.1, -0.05) is 12.1 Å². The molecule has 2 saturated heterocycles. The summed E-state index contributed by atoms with van der Waals surface area (Å²) in [6.45, 7) is 11.8. The normalized spacial score (nSPS) is 25.4. The van der Waals surface area contributed by atoms with Crippen molar-refractivity contribution >= 4 is 5.96 Å². The quantitative estimate of drug-likeness (QED) is 0.624. The van der Waals surface area contributed by atoms with Crippen molar-refractivity contribution in [1.82, 2.24) is 10.6 Å². The van der Waals surface area contributed by atoms with Crippen LogP contribution in [0.25, 0.3) is 0 Å². The summed E-state index contributed by atoms with van der Waals surface area (Å²) in [4.78, 5) is 4.81. The van der Waals surface area contributed by atoms with E-state index in [2.05, 4.69) is 63.5 Å². The van der Waals surface area contributed by atoms with E-state index in [0.29, 0.717) is 24.8 Å². The van der Waals surface area contributed by atoms with Crippen molar-refractivity contribution in [2.75, 3.05) is 6.54 Å². The molecule has 5 nitrogen and oxygen atoms in total. The molecule has 3 atom stereocenters. The molecular weight excluding hydrogens is 326 g/mol. The van der Waals surface area contributed by atoms with Crippen LogP contribution < -0.4 is 15.4 Å². The highest BCUT2D eigenvalue weighted by atomic mass is 16.5. The Bertz CT molecular complexity index is 651. The Kier molecular flexibility index (Phi) is 5.76. The molecule has 144 valence electrons. The molecule has 2 aliphatic rings. The maximum absolute atomic E-state index is 6.15. The van der Waals surface area contributed by atoms with Crippen LogP contribution in [0.15, 0.2) is 23.2 Å². The van der Waals surface area contributed by atoms with Crippen molar-refractivity contribution in [2.24, 2.45) is 4.99 Å². The van der Waals surface area contributed by atoms with Crippen LogP contribution in [0.3, 0.4) is 0 Å². The highest BCUT2D eigenvalue weighted by Gasteiger charge is 2.41. The predicted molar refractivity (Wildman–Crippen MR) is 106 cm³/mol. The van der Waals surface area contributed by atoms with Crippen LogP contribution >= 0.6 is 0 Å². The summed E-state index contributed by atoms with van der Waals surface area (Å²) in [6.07, 6.45) is 4.21. The first-order valence-corrected chi connectivity index (χ1v) is 9.83. The second kappa shape index (κ2) is 7.87. The van der Waals surface area contributed by atoms with Crippen LogP contribution in [0.1, 0.15) is 58.1 Å². The summed E-state index contributed by atoms with van der Waals surface area (Å²) >= 11 is 0. The van der Waals surface area contributed by atoms with Crippen LogP contribution in [-0.4, -0.2) is 36.4 Å². The largest absolute Gasteiger partial charge is 0.488 e. The molecule has 0 aliphatic carbocycles. The Balaban J connectivity index is 1.71. The average molecular weight is 360 g/mol. The molecule has 0 radical (unpaired) electrons. The molecule has 2 fully saturated rings. The molecule has 26 heavy (non-hydrogen) atoms. The summed E-state index contributed by atoms with van der Waals surface area (Å²) in [5, 5.41) is 6.93. The first-order chi connectivity index (χ1) is 12.3. The second-order valence-electron chi connectivity index (χ2n) is 8.38. The van der Waals surface area contributed by atoms with Crippen molar-refractivity contribution < 1.29 is 9.47 Å². The minimum atomic E-state index is -0.227. The summed E-state index contributed by atoms with van der Waals surface area (Å²) < 4.78 is 12.1. The van der Waals surface area contributed by atoms with Crippen molar-refractivity contribution in [2.45, 2.75) is 84.3 Å². The average Bonchev–Trinajstić information content (AvgIpc) is 3.15. The molecule has 0 spiro atoms. The molecule has 2 bridgehead atoms. The number of ether oxygens (including phenoxy) is 2. The topological polar surface area (TPSA) is 54.9 Å². The highest BCUT2D eigenvalue weighted by Crippen LogP contribution is 2.34. The first-order valence-electron chi connectivity index (χ1n) is 9.83. The molecule has 0 aromatic heterocycles. The fraction of sp³-hybridized carbons (Fsp3) is 0.667. The van der Waals surface area contributed by atoms with E-state index in [4.69, 9.17) is 14.5 Å². The predicted octanol–water partition coefficient (Wildman–Crippen LogP) is 3.55. The first kappa shape index (κ1) is 19.0. The monoisotopic (exact) mass is 359 g/mol. The van der Waals surface area contributed by atoms with Gasteiger partial charge in [0.25, 0.3) is 0 Å². The van der Waals surface area contributed by atoms with Crippen LogP contribution in [0.5, 0.6) is 5.75 Å². The Morgan fingerprint density at radius 1 is 1.31 bits per heavy atom. The molecule has 0 saturated carbocycles. The van der Waals surface area contributed by atoms with Crippen LogP contribution in [-0.2, 0) is 11.3 Å². The molecule has 1 aromatic rings. The van der Waals surface area contributed by atoms with Gasteiger partial charge in [0.1, 0.15) is 11.4 Å². The summed E-state index contributed by atoms with van der Waals surface area (Å²) in [5.41, 5.74) is 2.07. The number of rotatable bonds is 5. The van der Waals surface area contributed by atoms with E-state index in [9.17, 15) is 0 Å². The molecule has 2 aliphatic heterocycles. The lowest BCUT2D eigenvalue weighted by atomic mass is 9.96. The zero-order chi connectivity index (χ0) is 18.7. The van der Waals surface area contributed by atoms with Gasteiger partial charge in [-0.15, -0.1) is 0 Å². The minimum Gasteiger partial charge on any atom is -0.488 e. The van der Waals surface area contributed by atoms with Crippen molar-refractivity contribution in [1.29, 1.82) is 0 Å². The number of aryl methyl sites for hydroxylation is 1. The van der Waals surface area contributed by atoms with Gasteiger partial charge in [0.2, 0.25) is 0 Å². The number of fused-ring (bicyclic) bond motifs is 2. The Morgan fingerprint density at radius 3 is 2.73 bits per heavy atom. The molecule has 3 unspecified atom stereocenters. The molecular formula is C21H33N3O2. The van der Waals surface area contributed by atoms with Crippen molar-refractivity contribution in [3.8, 4) is 5.75 Å². The zero-order valence-corrected chi connectivity index (χ0v) is 16.8. The number of hydrogen-bond donors (Lipinski definition) is 2. The van der Waals surface area contributed by atoms with E-state index >= 15 is 0 Å². The summed E-state index contributed by atoms with van der Waals surface area (Å²) in [7, 11) is 0. The van der Waals surface area contributed by atoms with Gasteiger partial charge in [0.15, 0.2) is 5.96 Å². The number of hydrogen-bond acceptors (Lipinski definition) is 3. The number of nitrogens with one attached hydrogen (secondary N) is 2. The van der Waals surface area contributed by atoms with E-state index < -0.39 is 0 Å². The van der Waals surface area contributed by atoms with E-state index in [-0.39, 0.29) is 5.60 Å². The van der Waals surface area contributed by atoms with Crippen LogP contribution in [0.2, 0.25) is 0 Å². The van der Waals surface area contributed by atoms with Gasteiger partial charge in [-0.2, -0.15) is 0 Å². The minimum absolute atomic E-state index is 0.227. The third-order valence-electron chi connectivity index (χ3n) is 4.82. The van der Waals surface area contributed by atoms with E-state index in [1.807, 2.05) is 0 Å². The van der Waals surface area contributed by atoms with E-state index in [1.54, 1.807) is 0 Å².